The van der Waals surface area contributed by atoms with E-state index < -0.39 is 38.7 Å². The number of carbonyl (C=O) groups is 2. The Balaban J connectivity index is 3.08. The number of sulfone groups is 1. The Hall–Kier alpha value is -1.35. The third-order valence-corrected chi connectivity index (χ3v) is 4.53. The molecule has 2 unspecified atom stereocenters. The molecule has 0 aliphatic carbocycles. The van der Waals surface area contributed by atoms with E-state index in [1.165, 1.54) is 24.3 Å². The van der Waals surface area contributed by atoms with E-state index in [2.05, 4.69) is 5.32 Å². The van der Waals surface area contributed by atoms with E-state index in [4.69, 9.17) is 27.9 Å². The molecule has 0 fully saturated rings. The highest BCUT2D eigenvalue weighted by Crippen LogP contribution is 2.21. The number of aliphatic hydroxyl groups excluding tert-OH is 1. The van der Waals surface area contributed by atoms with Gasteiger partial charge < -0.3 is 15.2 Å². The van der Waals surface area contributed by atoms with Gasteiger partial charge in [-0.3, -0.25) is 4.79 Å². The standard InChI is InChI=1S/C14H17Cl2NO6S/c1-3-23-14(20)10(17-13(19)12(15)16)11(18)8-4-6-9(7-5-8)24(2,21)22/h4-7,10-12,18H,3H2,1-2H3,(H,17,19). The summed E-state index contributed by atoms with van der Waals surface area (Å²) in [5, 5.41) is 12.5. The molecule has 0 saturated carbocycles. The Morgan fingerprint density at radius 3 is 2.21 bits per heavy atom. The van der Waals surface area contributed by atoms with Crippen molar-refractivity contribution in [1.82, 2.24) is 5.32 Å². The first kappa shape index (κ1) is 20.7. The van der Waals surface area contributed by atoms with Gasteiger partial charge in [-0.1, -0.05) is 35.3 Å². The van der Waals surface area contributed by atoms with Crippen LogP contribution in [-0.2, 0) is 24.2 Å². The van der Waals surface area contributed by atoms with Crippen LogP contribution < -0.4 is 5.32 Å². The predicted octanol–water partition coefficient (Wildman–Crippen LogP) is 0.975. The third kappa shape index (κ3) is 5.62. The first-order valence-corrected chi connectivity index (χ1v) is 9.57. The van der Waals surface area contributed by atoms with Crippen LogP contribution in [0.15, 0.2) is 29.2 Å². The fourth-order valence-electron chi connectivity index (χ4n) is 1.82. The van der Waals surface area contributed by atoms with Crippen LogP contribution in [0.4, 0.5) is 0 Å². The van der Waals surface area contributed by atoms with Crippen LogP contribution in [0.3, 0.4) is 0 Å². The van der Waals surface area contributed by atoms with E-state index in [1.807, 2.05) is 0 Å². The Morgan fingerprint density at radius 1 is 1.25 bits per heavy atom. The lowest BCUT2D eigenvalue weighted by molar-refractivity contribution is -0.150. The normalized spacial score (nSPS) is 14.1. The number of aliphatic hydroxyl groups is 1. The van der Waals surface area contributed by atoms with Crippen molar-refractivity contribution in [2.75, 3.05) is 12.9 Å². The van der Waals surface area contributed by atoms with Crippen LogP contribution >= 0.6 is 23.2 Å². The number of nitrogens with one attached hydrogen (secondary N) is 1. The Bertz CT molecular complexity index is 690. The molecule has 2 atom stereocenters. The molecule has 1 rings (SSSR count). The van der Waals surface area contributed by atoms with E-state index in [1.54, 1.807) is 6.92 Å². The van der Waals surface area contributed by atoms with Crippen LogP contribution in [0.1, 0.15) is 18.6 Å². The smallest absolute Gasteiger partial charge is 0.331 e. The molecule has 0 spiro atoms. The molecule has 1 aromatic rings. The van der Waals surface area contributed by atoms with Gasteiger partial charge in [0.1, 0.15) is 6.10 Å². The molecule has 134 valence electrons. The first-order valence-electron chi connectivity index (χ1n) is 6.81. The zero-order valence-corrected chi connectivity index (χ0v) is 15.2. The average Bonchev–Trinajstić information content (AvgIpc) is 2.51. The van der Waals surface area contributed by atoms with Crippen molar-refractivity contribution in [3.05, 3.63) is 29.8 Å². The summed E-state index contributed by atoms with van der Waals surface area (Å²) in [5.74, 6) is -1.75. The summed E-state index contributed by atoms with van der Waals surface area (Å²) < 4.78 is 27.7. The molecular weight excluding hydrogens is 381 g/mol. The van der Waals surface area contributed by atoms with E-state index in [0.717, 1.165) is 6.26 Å². The van der Waals surface area contributed by atoms with E-state index in [0.29, 0.717) is 0 Å². The summed E-state index contributed by atoms with van der Waals surface area (Å²) in [6, 6.07) is 3.78. The zero-order valence-electron chi connectivity index (χ0n) is 12.9. The van der Waals surface area contributed by atoms with Gasteiger partial charge in [0.25, 0.3) is 5.91 Å². The van der Waals surface area contributed by atoms with Crippen molar-refractivity contribution < 1.29 is 27.9 Å². The lowest BCUT2D eigenvalue weighted by Gasteiger charge is -2.23. The van der Waals surface area contributed by atoms with Crippen molar-refractivity contribution >= 4 is 44.9 Å². The highest BCUT2D eigenvalue weighted by atomic mass is 35.5. The minimum Gasteiger partial charge on any atom is -0.464 e. The molecule has 0 saturated heterocycles. The maximum Gasteiger partial charge on any atom is 0.331 e. The molecule has 1 amide bonds. The molecule has 0 heterocycles. The van der Waals surface area contributed by atoms with E-state index in [-0.39, 0.29) is 17.1 Å². The van der Waals surface area contributed by atoms with Crippen LogP contribution in [-0.4, -0.2) is 49.1 Å². The number of hydrogen-bond donors (Lipinski definition) is 2. The largest absolute Gasteiger partial charge is 0.464 e. The Labute approximate surface area is 149 Å². The monoisotopic (exact) mass is 397 g/mol. The van der Waals surface area contributed by atoms with Crippen LogP contribution in [0.2, 0.25) is 0 Å². The lowest BCUT2D eigenvalue weighted by atomic mass is 10.0. The molecule has 0 radical (unpaired) electrons. The molecule has 0 aliphatic heterocycles. The molecule has 0 aliphatic rings. The van der Waals surface area contributed by atoms with Crippen molar-refractivity contribution in [3.8, 4) is 0 Å². The number of ether oxygens (including phenoxy) is 1. The second kappa shape index (κ2) is 8.66. The van der Waals surface area contributed by atoms with Crippen LogP contribution in [0.5, 0.6) is 0 Å². The predicted molar refractivity (Wildman–Crippen MR) is 88.6 cm³/mol. The van der Waals surface area contributed by atoms with Gasteiger partial charge in [-0.15, -0.1) is 0 Å². The maximum absolute atomic E-state index is 12.0. The van der Waals surface area contributed by atoms with Gasteiger partial charge in [0.15, 0.2) is 20.7 Å². The molecule has 2 N–H and O–H groups in total. The van der Waals surface area contributed by atoms with Gasteiger partial charge in [0, 0.05) is 6.26 Å². The van der Waals surface area contributed by atoms with Crippen molar-refractivity contribution in [1.29, 1.82) is 0 Å². The fourth-order valence-corrected chi connectivity index (χ4v) is 2.58. The second-order valence-corrected chi connectivity index (χ2v) is 7.94. The number of amides is 1. The summed E-state index contributed by atoms with van der Waals surface area (Å²) in [6.45, 7) is 1.60. The topological polar surface area (TPSA) is 110 Å². The van der Waals surface area contributed by atoms with Crippen LogP contribution in [0.25, 0.3) is 0 Å². The quantitative estimate of drug-likeness (QED) is 0.523. The maximum atomic E-state index is 12.0. The van der Waals surface area contributed by atoms with Crippen molar-refractivity contribution in [2.24, 2.45) is 0 Å². The van der Waals surface area contributed by atoms with Gasteiger partial charge in [-0.25, -0.2) is 13.2 Å². The van der Waals surface area contributed by atoms with Crippen molar-refractivity contribution in [3.63, 3.8) is 0 Å². The van der Waals surface area contributed by atoms with E-state index >= 15 is 0 Å². The first-order chi connectivity index (χ1) is 11.1. The molecule has 24 heavy (non-hydrogen) atoms. The molecule has 1 aromatic carbocycles. The summed E-state index contributed by atoms with van der Waals surface area (Å²) in [6.07, 6.45) is -0.435. The average molecular weight is 398 g/mol. The number of hydrogen-bond acceptors (Lipinski definition) is 6. The highest BCUT2D eigenvalue weighted by Gasteiger charge is 2.32. The molecule has 10 heteroatoms. The Morgan fingerprint density at radius 2 is 1.79 bits per heavy atom. The van der Waals surface area contributed by atoms with Gasteiger partial charge in [-0.05, 0) is 24.6 Å². The van der Waals surface area contributed by atoms with Gasteiger partial charge in [0.2, 0.25) is 0 Å². The lowest BCUT2D eigenvalue weighted by Crippen LogP contribution is -2.47. The number of halogens is 2. The second-order valence-electron chi connectivity index (χ2n) is 4.83. The van der Waals surface area contributed by atoms with Crippen LogP contribution in [0, 0.1) is 0 Å². The highest BCUT2D eigenvalue weighted by molar-refractivity contribution is 7.90. The van der Waals surface area contributed by atoms with E-state index in [9.17, 15) is 23.1 Å². The summed E-state index contributed by atoms with van der Waals surface area (Å²) in [7, 11) is -3.40. The summed E-state index contributed by atoms with van der Waals surface area (Å²) in [5.41, 5.74) is 0.210. The minimum absolute atomic E-state index is 0.0378. The Kier molecular flexibility index (Phi) is 7.47. The molecule has 0 aromatic heterocycles. The van der Waals surface area contributed by atoms with Gasteiger partial charge >= 0.3 is 5.97 Å². The number of alkyl halides is 2. The van der Waals surface area contributed by atoms with Gasteiger partial charge in [0.05, 0.1) is 11.5 Å². The number of rotatable bonds is 7. The molecular formula is C14H17Cl2NO6S. The van der Waals surface area contributed by atoms with Gasteiger partial charge in [-0.2, -0.15) is 0 Å². The fraction of sp³-hybridized carbons (Fsp3) is 0.429. The third-order valence-electron chi connectivity index (χ3n) is 3.00. The molecule has 0 bridgehead atoms. The number of benzene rings is 1. The SMILES string of the molecule is CCOC(=O)C(NC(=O)C(Cl)Cl)C(O)c1ccc(S(C)(=O)=O)cc1. The summed E-state index contributed by atoms with van der Waals surface area (Å²) >= 11 is 10.9. The molecule has 7 nitrogen and oxygen atoms in total. The summed E-state index contributed by atoms with van der Waals surface area (Å²) in [4.78, 5) is 22.2. The van der Waals surface area contributed by atoms with Crippen molar-refractivity contribution in [2.45, 2.75) is 28.8 Å². The minimum atomic E-state index is -3.40. The number of esters is 1. The number of carbonyl (C=O) groups excluding carboxylic acids is 2. The zero-order chi connectivity index (χ0) is 18.5.